The van der Waals surface area contributed by atoms with Crippen LogP contribution >= 0.6 is 0 Å². The van der Waals surface area contributed by atoms with Crippen LogP contribution in [0.1, 0.15) is 58.8 Å². The van der Waals surface area contributed by atoms with E-state index < -0.39 is 11.5 Å². The largest absolute Gasteiger partial charge is 0.480 e. The number of aliphatic carboxylic acids is 1. The first-order chi connectivity index (χ1) is 8.09. The predicted molar refractivity (Wildman–Crippen MR) is 68.0 cm³/mol. The maximum atomic E-state index is 11.6. The highest BCUT2D eigenvalue weighted by molar-refractivity contribution is 5.78. The molecule has 3 atom stereocenters. The van der Waals surface area contributed by atoms with Gasteiger partial charge < -0.3 is 5.11 Å². The zero-order valence-electron chi connectivity index (χ0n) is 11.1. The summed E-state index contributed by atoms with van der Waals surface area (Å²) in [6.45, 7) is 4.88. The van der Waals surface area contributed by atoms with Crippen LogP contribution in [0.3, 0.4) is 0 Å². The lowest BCUT2D eigenvalue weighted by atomic mass is 9.76. The number of piperidine rings is 1. The van der Waals surface area contributed by atoms with E-state index in [-0.39, 0.29) is 0 Å². The molecule has 98 valence electrons. The number of carboxylic acids is 1. The Kier molecular flexibility index (Phi) is 3.76. The molecule has 2 rings (SSSR count). The van der Waals surface area contributed by atoms with Gasteiger partial charge in [-0.1, -0.05) is 19.8 Å². The van der Waals surface area contributed by atoms with Gasteiger partial charge in [0.05, 0.1) is 0 Å². The van der Waals surface area contributed by atoms with E-state index >= 15 is 0 Å². The first-order valence-electron chi connectivity index (χ1n) is 7.09. The summed E-state index contributed by atoms with van der Waals surface area (Å²) in [5.74, 6) is 0.106. The van der Waals surface area contributed by atoms with Gasteiger partial charge in [-0.25, -0.2) is 0 Å². The van der Waals surface area contributed by atoms with Crippen molar-refractivity contribution in [3.8, 4) is 0 Å². The van der Waals surface area contributed by atoms with Gasteiger partial charge in [-0.2, -0.15) is 0 Å². The van der Waals surface area contributed by atoms with E-state index in [4.69, 9.17) is 0 Å². The van der Waals surface area contributed by atoms with Crippen molar-refractivity contribution in [1.29, 1.82) is 0 Å². The molecule has 0 radical (unpaired) electrons. The van der Waals surface area contributed by atoms with Crippen molar-refractivity contribution < 1.29 is 9.90 Å². The van der Waals surface area contributed by atoms with E-state index in [1.807, 2.05) is 13.8 Å². The molecule has 2 fully saturated rings. The van der Waals surface area contributed by atoms with Crippen molar-refractivity contribution in [2.45, 2.75) is 70.4 Å². The van der Waals surface area contributed by atoms with Gasteiger partial charge in [0.25, 0.3) is 0 Å². The molecule has 1 N–H and O–H groups in total. The Bertz CT molecular complexity index is 290. The number of hydrogen-bond donors (Lipinski definition) is 1. The monoisotopic (exact) mass is 239 g/mol. The molecule has 0 aromatic carbocycles. The van der Waals surface area contributed by atoms with Crippen molar-refractivity contribution in [1.82, 2.24) is 4.90 Å². The molecule has 1 saturated carbocycles. The molecular formula is C14H25NO2. The minimum absolute atomic E-state index is 0.526. The Labute approximate surface area is 104 Å². The van der Waals surface area contributed by atoms with Gasteiger partial charge in [0.1, 0.15) is 5.54 Å². The number of carbonyl (C=O) groups is 1. The maximum Gasteiger partial charge on any atom is 0.323 e. The Morgan fingerprint density at radius 3 is 2.59 bits per heavy atom. The van der Waals surface area contributed by atoms with Crippen LogP contribution in [0.4, 0.5) is 0 Å². The molecule has 3 heteroatoms. The number of nitrogens with zero attached hydrogens (tertiary/aromatic N) is 1. The normalized spacial score (nSPS) is 33.8. The summed E-state index contributed by atoms with van der Waals surface area (Å²) in [5, 5.41) is 9.53. The fourth-order valence-corrected chi connectivity index (χ4v) is 3.71. The van der Waals surface area contributed by atoms with Crippen LogP contribution < -0.4 is 0 Å². The number of hydrogen-bond acceptors (Lipinski definition) is 2. The summed E-state index contributed by atoms with van der Waals surface area (Å²) in [6.07, 6.45) is 8.30. The third kappa shape index (κ3) is 2.22. The van der Waals surface area contributed by atoms with Crippen LogP contribution in [-0.4, -0.2) is 34.1 Å². The van der Waals surface area contributed by atoms with E-state index in [9.17, 15) is 9.90 Å². The lowest BCUT2D eigenvalue weighted by Crippen LogP contribution is -2.60. The number of likely N-dealkylation sites (tertiary alicyclic amines) is 1. The molecular weight excluding hydrogens is 214 g/mol. The Morgan fingerprint density at radius 2 is 1.94 bits per heavy atom. The van der Waals surface area contributed by atoms with Crippen LogP contribution in [0.25, 0.3) is 0 Å². The standard InChI is InChI=1S/C14H25NO2/c1-3-14(2,13(16)17)15-10-6-8-11-7-4-5-9-12(11)15/h11-12H,3-10H2,1-2H3,(H,16,17). The average molecular weight is 239 g/mol. The molecule has 0 aromatic rings. The average Bonchev–Trinajstić information content (AvgIpc) is 2.37. The van der Waals surface area contributed by atoms with Crippen LogP contribution in [0, 0.1) is 5.92 Å². The second-order valence-corrected chi connectivity index (χ2v) is 5.88. The highest BCUT2D eigenvalue weighted by Gasteiger charge is 2.45. The maximum absolute atomic E-state index is 11.6. The first-order valence-corrected chi connectivity index (χ1v) is 7.09. The molecule has 3 unspecified atom stereocenters. The van der Waals surface area contributed by atoms with E-state index in [1.54, 1.807) is 0 Å². The number of carboxylic acid groups (broad SMARTS) is 1. The molecule has 0 bridgehead atoms. The topological polar surface area (TPSA) is 40.5 Å². The lowest BCUT2D eigenvalue weighted by molar-refractivity contribution is -0.156. The number of fused-ring (bicyclic) bond motifs is 1. The number of rotatable bonds is 3. The van der Waals surface area contributed by atoms with Crippen molar-refractivity contribution in [3.63, 3.8) is 0 Å². The summed E-state index contributed by atoms with van der Waals surface area (Å²) in [6, 6.07) is 0.526. The molecule has 17 heavy (non-hydrogen) atoms. The first kappa shape index (κ1) is 12.9. The highest BCUT2D eigenvalue weighted by atomic mass is 16.4. The summed E-state index contributed by atoms with van der Waals surface area (Å²) >= 11 is 0. The van der Waals surface area contributed by atoms with Crippen LogP contribution in [0.15, 0.2) is 0 Å². The van der Waals surface area contributed by atoms with Crippen LogP contribution in [-0.2, 0) is 4.79 Å². The van der Waals surface area contributed by atoms with Crippen molar-refractivity contribution >= 4 is 5.97 Å². The van der Waals surface area contributed by atoms with Crippen molar-refractivity contribution in [2.24, 2.45) is 5.92 Å². The van der Waals surface area contributed by atoms with E-state index in [0.29, 0.717) is 12.5 Å². The molecule has 0 spiro atoms. The predicted octanol–water partition coefficient (Wildman–Crippen LogP) is 2.89. The van der Waals surface area contributed by atoms with Crippen LogP contribution in [0.2, 0.25) is 0 Å². The van der Waals surface area contributed by atoms with Gasteiger partial charge in [-0.3, -0.25) is 9.69 Å². The van der Waals surface area contributed by atoms with Gasteiger partial charge in [-0.05, 0) is 51.5 Å². The second-order valence-electron chi connectivity index (χ2n) is 5.88. The zero-order valence-corrected chi connectivity index (χ0v) is 11.1. The summed E-state index contributed by atoms with van der Waals surface area (Å²) in [5.41, 5.74) is -0.652. The van der Waals surface area contributed by atoms with Gasteiger partial charge in [0.2, 0.25) is 0 Å². The smallest absolute Gasteiger partial charge is 0.323 e. The fourth-order valence-electron chi connectivity index (χ4n) is 3.71. The summed E-state index contributed by atoms with van der Waals surface area (Å²) in [4.78, 5) is 13.9. The van der Waals surface area contributed by atoms with E-state index in [2.05, 4.69) is 4.90 Å². The highest BCUT2D eigenvalue weighted by Crippen LogP contribution is 2.39. The molecule has 3 nitrogen and oxygen atoms in total. The van der Waals surface area contributed by atoms with E-state index in [1.165, 1.54) is 38.5 Å². The Morgan fingerprint density at radius 1 is 1.29 bits per heavy atom. The van der Waals surface area contributed by atoms with Crippen molar-refractivity contribution in [2.75, 3.05) is 6.54 Å². The van der Waals surface area contributed by atoms with Gasteiger partial charge in [-0.15, -0.1) is 0 Å². The minimum atomic E-state index is -0.652. The molecule has 2 aliphatic rings. The molecule has 1 heterocycles. The van der Waals surface area contributed by atoms with Gasteiger partial charge in [0.15, 0.2) is 0 Å². The summed E-state index contributed by atoms with van der Waals surface area (Å²) in [7, 11) is 0. The third-order valence-corrected chi connectivity index (χ3v) is 5.03. The van der Waals surface area contributed by atoms with Gasteiger partial charge in [0, 0.05) is 6.04 Å². The fraction of sp³-hybridized carbons (Fsp3) is 0.929. The summed E-state index contributed by atoms with van der Waals surface area (Å²) < 4.78 is 0. The lowest BCUT2D eigenvalue weighted by Gasteiger charge is -2.50. The third-order valence-electron chi connectivity index (χ3n) is 5.03. The molecule has 1 saturated heterocycles. The molecule has 1 aliphatic heterocycles. The zero-order chi connectivity index (χ0) is 12.5. The Hall–Kier alpha value is -0.570. The molecule has 1 aliphatic carbocycles. The Balaban J connectivity index is 2.20. The van der Waals surface area contributed by atoms with Crippen molar-refractivity contribution in [3.05, 3.63) is 0 Å². The second kappa shape index (κ2) is 4.97. The van der Waals surface area contributed by atoms with E-state index in [0.717, 1.165) is 12.5 Å². The quantitative estimate of drug-likeness (QED) is 0.823. The van der Waals surface area contributed by atoms with Gasteiger partial charge >= 0.3 is 5.97 Å². The molecule has 0 amide bonds. The SMILES string of the molecule is CCC(C)(C(=O)O)N1CCCC2CCCCC21. The minimum Gasteiger partial charge on any atom is -0.480 e. The van der Waals surface area contributed by atoms with Crippen LogP contribution in [0.5, 0.6) is 0 Å². The molecule has 0 aromatic heterocycles.